The van der Waals surface area contributed by atoms with Crippen molar-refractivity contribution in [2.24, 2.45) is 5.41 Å². The lowest BCUT2D eigenvalue weighted by atomic mass is 9.92. The van der Waals surface area contributed by atoms with Gasteiger partial charge in [0.2, 0.25) is 0 Å². The molecule has 2 radical (unpaired) electrons. The minimum atomic E-state index is -4.22. The Labute approximate surface area is 139 Å². The summed E-state index contributed by atoms with van der Waals surface area (Å²) in [5.74, 6) is 0.0349. The maximum Gasteiger partial charge on any atom is 0.397 e. The van der Waals surface area contributed by atoms with E-state index in [0.717, 1.165) is 5.56 Å². The summed E-state index contributed by atoms with van der Waals surface area (Å²) in [6, 6.07) is 11.0. The molecule has 2 aromatic rings. The molecule has 0 atom stereocenters. The highest BCUT2D eigenvalue weighted by Gasteiger charge is 2.63. The first-order valence-electron chi connectivity index (χ1n) is 7.61. The van der Waals surface area contributed by atoms with Crippen LogP contribution in [0.25, 0.3) is 0 Å². The van der Waals surface area contributed by atoms with Crippen LogP contribution < -0.4 is 10.2 Å². The number of ether oxygens (including phenoxy) is 1. The first-order valence-corrected chi connectivity index (χ1v) is 7.61. The quantitative estimate of drug-likeness (QED) is 0.595. The molecule has 1 nitrogen and oxygen atoms in total. The molecule has 1 saturated carbocycles. The lowest BCUT2D eigenvalue weighted by Gasteiger charge is -2.19. The average molecular weight is 334 g/mol. The predicted octanol–water partition coefficient (Wildman–Crippen LogP) is 3.93. The molecule has 6 heteroatoms. The lowest BCUT2D eigenvalue weighted by Crippen LogP contribution is -2.30. The van der Waals surface area contributed by atoms with Crippen molar-refractivity contribution in [2.75, 3.05) is 6.61 Å². The van der Waals surface area contributed by atoms with E-state index in [-0.39, 0.29) is 25.3 Å². The first-order chi connectivity index (χ1) is 11.3. The van der Waals surface area contributed by atoms with Gasteiger partial charge in [-0.25, -0.2) is 4.39 Å². The number of halogens is 4. The van der Waals surface area contributed by atoms with Gasteiger partial charge in [-0.2, -0.15) is 13.2 Å². The van der Waals surface area contributed by atoms with Crippen LogP contribution in [0, 0.1) is 11.2 Å². The summed E-state index contributed by atoms with van der Waals surface area (Å²) in [4.78, 5) is 0. The molecule has 0 N–H and O–H groups in total. The third kappa shape index (κ3) is 3.58. The molecule has 24 heavy (non-hydrogen) atoms. The van der Waals surface area contributed by atoms with E-state index < -0.39 is 11.6 Å². The molecule has 124 valence electrons. The van der Waals surface area contributed by atoms with Gasteiger partial charge in [-0.3, -0.25) is 0 Å². The Kier molecular flexibility index (Phi) is 4.32. The molecule has 2 aromatic carbocycles. The number of hydrogen-bond donors (Lipinski definition) is 0. The molecule has 0 aliphatic heterocycles. The molecule has 1 fully saturated rings. The highest BCUT2D eigenvalue weighted by Crippen LogP contribution is 2.57. The average Bonchev–Trinajstić information content (AvgIpc) is 3.31. The summed E-state index contributed by atoms with van der Waals surface area (Å²) in [5.41, 5.74) is 0.0887. The second-order valence-electron chi connectivity index (χ2n) is 6.24. The Morgan fingerprint density at radius 3 is 2.29 bits per heavy atom. The molecular weight excluding hydrogens is 319 g/mol. The van der Waals surface area contributed by atoms with Crippen molar-refractivity contribution in [1.82, 2.24) is 0 Å². The van der Waals surface area contributed by atoms with Crippen LogP contribution in [-0.2, 0) is 6.42 Å². The Hall–Kier alpha value is -1.98. The largest absolute Gasteiger partial charge is 0.493 e. The molecule has 0 unspecified atom stereocenters. The van der Waals surface area contributed by atoms with E-state index in [2.05, 4.69) is 0 Å². The highest BCUT2D eigenvalue weighted by molar-refractivity contribution is 6.32. The van der Waals surface area contributed by atoms with Crippen LogP contribution in [-0.4, -0.2) is 20.6 Å². The minimum Gasteiger partial charge on any atom is -0.493 e. The Bertz CT molecular complexity index is 721. The summed E-state index contributed by atoms with van der Waals surface area (Å²) >= 11 is 0. The van der Waals surface area contributed by atoms with Gasteiger partial charge in [0.05, 0.1) is 0 Å². The Balaban J connectivity index is 1.63. The zero-order valence-electron chi connectivity index (χ0n) is 12.9. The standard InChI is InChI=1S/C18H15BF4O/c19-14-3-6-16(20)13(10-14)9-12-1-4-15(5-2-12)24-11-17(7-8-17)18(21,22)23/h1-6,10H,7-9,11H2. The van der Waals surface area contributed by atoms with Crippen molar-refractivity contribution in [3.8, 4) is 5.75 Å². The van der Waals surface area contributed by atoms with Crippen molar-refractivity contribution >= 4 is 13.3 Å². The minimum absolute atomic E-state index is 0.114. The molecule has 0 aromatic heterocycles. The van der Waals surface area contributed by atoms with Crippen molar-refractivity contribution in [3.05, 3.63) is 59.4 Å². The van der Waals surface area contributed by atoms with E-state index in [4.69, 9.17) is 12.6 Å². The summed E-state index contributed by atoms with van der Waals surface area (Å²) in [7, 11) is 5.65. The predicted molar refractivity (Wildman–Crippen MR) is 84.3 cm³/mol. The normalized spacial score (nSPS) is 16.0. The highest BCUT2D eigenvalue weighted by atomic mass is 19.4. The molecule has 1 aliphatic carbocycles. The Morgan fingerprint density at radius 1 is 1.04 bits per heavy atom. The van der Waals surface area contributed by atoms with Crippen molar-refractivity contribution in [3.63, 3.8) is 0 Å². The van der Waals surface area contributed by atoms with Crippen LogP contribution in [0.15, 0.2) is 42.5 Å². The number of hydrogen-bond acceptors (Lipinski definition) is 1. The van der Waals surface area contributed by atoms with Gasteiger partial charge < -0.3 is 4.74 Å². The van der Waals surface area contributed by atoms with Gasteiger partial charge in [0.15, 0.2) is 0 Å². The number of benzene rings is 2. The van der Waals surface area contributed by atoms with Gasteiger partial charge in [-0.05, 0) is 42.2 Å². The van der Waals surface area contributed by atoms with E-state index >= 15 is 0 Å². The van der Waals surface area contributed by atoms with Crippen molar-refractivity contribution < 1.29 is 22.3 Å². The van der Waals surface area contributed by atoms with E-state index in [1.165, 1.54) is 12.1 Å². The fourth-order valence-electron chi connectivity index (χ4n) is 2.54. The smallest absolute Gasteiger partial charge is 0.397 e. The summed E-state index contributed by atoms with van der Waals surface area (Å²) in [6.07, 6.45) is -3.64. The lowest BCUT2D eigenvalue weighted by molar-refractivity contribution is -0.194. The van der Waals surface area contributed by atoms with Crippen LogP contribution in [0.1, 0.15) is 24.0 Å². The van der Waals surface area contributed by atoms with Gasteiger partial charge in [0.1, 0.15) is 31.4 Å². The van der Waals surface area contributed by atoms with Gasteiger partial charge >= 0.3 is 6.18 Å². The van der Waals surface area contributed by atoms with E-state index in [1.54, 1.807) is 30.3 Å². The zero-order valence-corrected chi connectivity index (χ0v) is 12.9. The van der Waals surface area contributed by atoms with E-state index in [1.807, 2.05) is 0 Å². The molecule has 0 spiro atoms. The second-order valence-corrected chi connectivity index (χ2v) is 6.24. The number of rotatable bonds is 5. The first kappa shape index (κ1) is 16.9. The molecule has 1 aliphatic rings. The molecule has 0 saturated heterocycles. The molecule has 0 amide bonds. The van der Waals surface area contributed by atoms with Crippen LogP contribution in [0.2, 0.25) is 0 Å². The fraction of sp³-hybridized carbons (Fsp3) is 0.333. The van der Waals surface area contributed by atoms with E-state index in [9.17, 15) is 17.6 Å². The third-order valence-corrected chi connectivity index (χ3v) is 4.36. The third-order valence-electron chi connectivity index (χ3n) is 4.36. The molecule has 0 heterocycles. The van der Waals surface area contributed by atoms with Crippen molar-refractivity contribution in [1.29, 1.82) is 0 Å². The van der Waals surface area contributed by atoms with Crippen molar-refractivity contribution in [2.45, 2.75) is 25.4 Å². The molecule has 3 rings (SSSR count). The SMILES string of the molecule is [B]c1ccc(F)c(Cc2ccc(OCC3(C(F)(F)F)CC3)cc2)c1. The molecular formula is C18H15BF4O. The van der Waals surface area contributed by atoms with Crippen LogP contribution in [0.5, 0.6) is 5.75 Å². The van der Waals surface area contributed by atoms with Crippen LogP contribution >= 0.6 is 0 Å². The topological polar surface area (TPSA) is 9.23 Å². The van der Waals surface area contributed by atoms with Crippen LogP contribution in [0.4, 0.5) is 17.6 Å². The van der Waals surface area contributed by atoms with Gasteiger partial charge in [0, 0.05) is 6.42 Å². The maximum absolute atomic E-state index is 13.7. The second kappa shape index (κ2) is 6.15. The number of alkyl halides is 3. The Morgan fingerprint density at radius 2 is 1.71 bits per heavy atom. The maximum atomic E-state index is 13.7. The molecule has 0 bridgehead atoms. The summed E-state index contributed by atoms with van der Waals surface area (Å²) in [5, 5.41) is 0. The summed E-state index contributed by atoms with van der Waals surface area (Å²) < 4.78 is 57.6. The van der Waals surface area contributed by atoms with E-state index in [0.29, 0.717) is 23.2 Å². The fourth-order valence-corrected chi connectivity index (χ4v) is 2.54. The summed E-state index contributed by atoms with van der Waals surface area (Å²) in [6.45, 7) is -0.361. The van der Waals surface area contributed by atoms with Crippen LogP contribution in [0.3, 0.4) is 0 Å². The zero-order chi connectivity index (χ0) is 17.4. The monoisotopic (exact) mass is 334 g/mol. The van der Waals surface area contributed by atoms with Gasteiger partial charge in [0.25, 0.3) is 0 Å². The van der Waals surface area contributed by atoms with Gasteiger partial charge in [-0.1, -0.05) is 29.7 Å². The van der Waals surface area contributed by atoms with Gasteiger partial charge in [-0.15, -0.1) is 0 Å².